The molecule has 4 heterocycles. The Morgan fingerprint density at radius 1 is 1.03 bits per heavy atom. The summed E-state index contributed by atoms with van der Waals surface area (Å²) in [4.78, 5) is 56.5. The van der Waals surface area contributed by atoms with E-state index in [1.165, 1.54) is 23.3 Å². The van der Waals surface area contributed by atoms with Gasteiger partial charge in [-0.1, -0.05) is 59.6 Å². The largest absolute Gasteiger partial charge is 0.481 e. The lowest BCUT2D eigenvalue weighted by Crippen LogP contribution is -2.43. The van der Waals surface area contributed by atoms with Gasteiger partial charge in [-0.3, -0.25) is 19.0 Å². The molecule has 5 aromatic rings. The molecule has 1 aliphatic heterocycles. The second-order valence-corrected chi connectivity index (χ2v) is 16.0. The summed E-state index contributed by atoms with van der Waals surface area (Å²) in [5, 5.41) is 21.5. The summed E-state index contributed by atoms with van der Waals surface area (Å²) in [6.45, 7) is 6.04. The number of pyridine rings is 1. The van der Waals surface area contributed by atoms with Crippen molar-refractivity contribution in [2.24, 2.45) is 7.05 Å². The maximum absolute atomic E-state index is 13.4. The van der Waals surface area contributed by atoms with Gasteiger partial charge in [0.15, 0.2) is 0 Å². The molecule has 2 amide bonds. The van der Waals surface area contributed by atoms with Gasteiger partial charge in [0, 0.05) is 72.2 Å². The molecule has 15 nitrogen and oxygen atoms in total. The summed E-state index contributed by atoms with van der Waals surface area (Å²) in [5.41, 5.74) is 3.73. The first-order valence-electron chi connectivity index (χ1n) is 19.0. The number of carbonyl (C=O) groups excluding carboxylic acids is 3. The van der Waals surface area contributed by atoms with E-state index in [2.05, 4.69) is 20.5 Å². The third-order valence-electron chi connectivity index (χ3n) is 9.77. The van der Waals surface area contributed by atoms with E-state index in [-0.39, 0.29) is 50.1 Å². The molecular formula is C42H47Cl2N7O8. The number of amides is 2. The number of methoxy groups -OCH3 is 2. The van der Waals surface area contributed by atoms with Gasteiger partial charge >= 0.3 is 12.1 Å². The number of aromatic nitrogens is 4. The van der Waals surface area contributed by atoms with Crippen molar-refractivity contribution in [2.75, 3.05) is 27.3 Å². The van der Waals surface area contributed by atoms with E-state index in [1.54, 1.807) is 51.0 Å². The summed E-state index contributed by atoms with van der Waals surface area (Å²) in [6.07, 6.45) is 1.10. The van der Waals surface area contributed by atoms with E-state index in [0.29, 0.717) is 79.2 Å². The molecule has 6 rings (SSSR count). The standard InChI is InChI=1S/C42H47Cl2N7O8/c1-42(2,3)59-41(56)50(23-26-14-16-35(53)46-26)21-24-13-15-32(47-39(24)58-6)31-12-8-11-30(38(31)44)29-10-7-9-28(37(29)43)25-17-33-40(55)49(4)34(48-51(33)22-25)20-45-19-27(52)18-36(54)57-5/h7-13,15,17,22,26-27,45,52H,14,16,18-21,23H2,1-6H3,(H,46,53)/t26-,27-/m0/s1. The molecule has 0 radical (unpaired) electrons. The van der Waals surface area contributed by atoms with E-state index in [9.17, 15) is 24.3 Å². The maximum atomic E-state index is 13.4. The number of aliphatic hydroxyl groups excluding tert-OH is 1. The predicted octanol–water partition coefficient (Wildman–Crippen LogP) is 5.77. The van der Waals surface area contributed by atoms with E-state index >= 15 is 0 Å². The molecule has 2 aromatic carbocycles. The monoisotopic (exact) mass is 847 g/mol. The van der Waals surface area contributed by atoms with Crippen LogP contribution in [0.5, 0.6) is 5.88 Å². The molecule has 0 bridgehead atoms. The van der Waals surface area contributed by atoms with Crippen LogP contribution in [-0.2, 0) is 39.2 Å². The van der Waals surface area contributed by atoms with Crippen LogP contribution in [0.25, 0.3) is 39.0 Å². The van der Waals surface area contributed by atoms with Crippen LogP contribution in [0.4, 0.5) is 4.79 Å². The number of hydrogen-bond donors (Lipinski definition) is 3. The first-order chi connectivity index (χ1) is 28.1. The average Bonchev–Trinajstić information content (AvgIpc) is 3.81. The molecule has 0 aliphatic carbocycles. The number of carbonyl (C=O) groups is 3. The quantitative estimate of drug-likeness (QED) is 0.116. The Labute approximate surface area is 351 Å². The summed E-state index contributed by atoms with van der Waals surface area (Å²) in [7, 11) is 4.37. The Morgan fingerprint density at radius 3 is 2.36 bits per heavy atom. The fourth-order valence-corrected chi connectivity index (χ4v) is 7.47. The number of esters is 1. The van der Waals surface area contributed by atoms with Crippen molar-refractivity contribution in [3.63, 3.8) is 0 Å². The lowest BCUT2D eigenvalue weighted by molar-refractivity contribution is -0.142. The van der Waals surface area contributed by atoms with Crippen LogP contribution in [0.15, 0.2) is 65.6 Å². The zero-order valence-corrected chi connectivity index (χ0v) is 35.2. The minimum absolute atomic E-state index is 0.0498. The van der Waals surface area contributed by atoms with Crippen molar-refractivity contribution in [3.8, 4) is 39.4 Å². The fraction of sp³-hybridized carbons (Fsp3) is 0.381. The highest BCUT2D eigenvalue weighted by Crippen LogP contribution is 2.42. The number of nitrogens with one attached hydrogen (secondary N) is 2. The van der Waals surface area contributed by atoms with Crippen LogP contribution in [0.2, 0.25) is 10.0 Å². The number of halogens is 2. The van der Waals surface area contributed by atoms with Gasteiger partial charge in [0.1, 0.15) is 16.9 Å². The van der Waals surface area contributed by atoms with Crippen LogP contribution in [0, 0.1) is 0 Å². The summed E-state index contributed by atoms with van der Waals surface area (Å²) >= 11 is 14.3. The van der Waals surface area contributed by atoms with Crippen molar-refractivity contribution in [1.29, 1.82) is 0 Å². The number of hydrogen-bond acceptors (Lipinski definition) is 11. The molecule has 3 aromatic heterocycles. The summed E-state index contributed by atoms with van der Waals surface area (Å²) in [5.74, 6) is 0.133. The highest BCUT2D eigenvalue weighted by atomic mass is 35.5. The lowest BCUT2D eigenvalue weighted by Gasteiger charge is -2.29. The van der Waals surface area contributed by atoms with Gasteiger partial charge in [-0.25, -0.2) is 14.3 Å². The van der Waals surface area contributed by atoms with Gasteiger partial charge in [-0.2, -0.15) is 5.10 Å². The molecule has 59 heavy (non-hydrogen) atoms. The molecule has 3 N–H and O–H groups in total. The van der Waals surface area contributed by atoms with Crippen LogP contribution >= 0.6 is 23.2 Å². The van der Waals surface area contributed by atoms with E-state index in [1.807, 2.05) is 42.5 Å². The third-order valence-corrected chi connectivity index (χ3v) is 10.6. The molecular weight excluding hydrogens is 801 g/mol. The maximum Gasteiger partial charge on any atom is 0.410 e. The minimum atomic E-state index is -0.960. The van der Waals surface area contributed by atoms with Gasteiger partial charge < -0.3 is 34.9 Å². The van der Waals surface area contributed by atoms with E-state index < -0.39 is 23.8 Å². The van der Waals surface area contributed by atoms with Crippen molar-refractivity contribution >= 4 is 46.7 Å². The molecule has 312 valence electrons. The van der Waals surface area contributed by atoms with E-state index in [4.69, 9.17) is 37.7 Å². The zero-order chi connectivity index (χ0) is 42.6. The first kappa shape index (κ1) is 43.1. The average molecular weight is 849 g/mol. The van der Waals surface area contributed by atoms with E-state index in [0.717, 1.165) is 0 Å². The zero-order valence-electron chi connectivity index (χ0n) is 33.7. The second kappa shape index (κ2) is 18.2. The summed E-state index contributed by atoms with van der Waals surface area (Å²) in [6, 6.07) is 16.3. The summed E-state index contributed by atoms with van der Waals surface area (Å²) < 4.78 is 18.9. The highest BCUT2D eigenvalue weighted by molar-refractivity contribution is 6.39. The molecule has 1 fully saturated rings. The van der Waals surface area contributed by atoms with Crippen molar-refractivity contribution in [1.82, 2.24) is 34.7 Å². The highest BCUT2D eigenvalue weighted by Gasteiger charge is 2.29. The van der Waals surface area contributed by atoms with Crippen LogP contribution in [-0.4, -0.2) is 92.2 Å². The van der Waals surface area contributed by atoms with Crippen LogP contribution in [0.1, 0.15) is 51.4 Å². The van der Waals surface area contributed by atoms with Crippen molar-refractivity contribution in [2.45, 2.75) is 70.9 Å². The normalized spacial score (nSPS) is 14.6. The SMILES string of the molecule is COC(=O)C[C@H](O)CNCc1nn2cc(-c3cccc(-c4cccc(-c5ccc(CN(C[C@@H]6CCC(=O)N6)C(=O)OC(C)(C)C)c(OC)n5)c4Cl)c3Cl)cc2c(=O)n1C. The minimum Gasteiger partial charge on any atom is -0.481 e. The number of rotatable bonds is 14. The second-order valence-electron chi connectivity index (χ2n) is 15.3. The van der Waals surface area contributed by atoms with Gasteiger partial charge in [0.25, 0.3) is 5.56 Å². The number of benzene rings is 2. The smallest absolute Gasteiger partial charge is 0.410 e. The van der Waals surface area contributed by atoms with Gasteiger partial charge in [-0.05, 0) is 45.4 Å². The Bertz CT molecular complexity index is 2440. The van der Waals surface area contributed by atoms with Gasteiger partial charge in [0.05, 0.1) is 55.6 Å². The Kier molecular flexibility index (Phi) is 13.3. The number of aliphatic hydroxyl groups is 1. The van der Waals surface area contributed by atoms with Crippen molar-refractivity contribution in [3.05, 3.63) is 92.6 Å². The number of nitrogens with zero attached hydrogens (tertiary/aromatic N) is 5. The fourth-order valence-electron chi connectivity index (χ4n) is 6.81. The van der Waals surface area contributed by atoms with Gasteiger partial charge in [0.2, 0.25) is 11.8 Å². The molecule has 0 unspecified atom stereocenters. The number of ether oxygens (including phenoxy) is 3. The van der Waals surface area contributed by atoms with Crippen LogP contribution in [0.3, 0.4) is 0 Å². The molecule has 0 saturated carbocycles. The molecule has 2 atom stereocenters. The lowest BCUT2D eigenvalue weighted by atomic mass is 9.97. The Balaban J connectivity index is 1.26. The predicted molar refractivity (Wildman–Crippen MR) is 223 cm³/mol. The Morgan fingerprint density at radius 2 is 1.71 bits per heavy atom. The number of fused-ring (bicyclic) bond motifs is 1. The molecule has 1 saturated heterocycles. The van der Waals surface area contributed by atoms with Gasteiger partial charge in [-0.15, -0.1) is 0 Å². The molecule has 17 heteroatoms. The topological polar surface area (TPSA) is 179 Å². The third kappa shape index (κ3) is 10.0. The van der Waals surface area contributed by atoms with Crippen LogP contribution < -0.4 is 20.9 Å². The molecule has 0 spiro atoms. The molecule has 1 aliphatic rings. The van der Waals surface area contributed by atoms with Crippen molar-refractivity contribution < 1.29 is 33.7 Å². The Hall–Kier alpha value is -5.48. The first-order valence-corrected chi connectivity index (χ1v) is 19.8.